The van der Waals surface area contributed by atoms with Crippen LogP contribution in [0, 0.1) is 5.82 Å². The smallest absolute Gasteiger partial charge is 0.338 e. The van der Waals surface area contributed by atoms with E-state index >= 15 is 0 Å². The maximum Gasteiger partial charge on any atom is 0.338 e. The summed E-state index contributed by atoms with van der Waals surface area (Å²) in [6.07, 6.45) is 1.60. The highest BCUT2D eigenvalue weighted by molar-refractivity contribution is 5.89. The van der Waals surface area contributed by atoms with Crippen LogP contribution in [0.2, 0.25) is 0 Å². The van der Waals surface area contributed by atoms with E-state index in [1.807, 2.05) is 0 Å². The van der Waals surface area contributed by atoms with Crippen molar-refractivity contribution in [3.05, 3.63) is 54.0 Å². The van der Waals surface area contributed by atoms with Crippen molar-refractivity contribution in [1.82, 2.24) is 4.98 Å². The predicted molar refractivity (Wildman–Crippen MR) is 56.6 cm³/mol. The van der Waals surface area contributed by atoms with E-state index < -0.39 is 11.8 Å². The standard InChI is InChI=1S/C12H8FNO2/c13-10-5-4-8(7-9(10)12(15)16)11-3-1-2-6-14-11/h1-7H,(H,15,16). The van der Waals surface area contributed by atoms with Gasteiger partial charge in [-0.2, -0.15) is 0 Å². The Balaban J connectivity index is 2.52. The van der Waals surface area contributed by atoms with Crippen LogP contribution in [0.15, 0.2) is 42.6 Å². The van der Waals surface area contributed by atoms with Crippen molar-refractivity contribution in [1.29, 1.82) is 0 Å². The van der Waals surface area contributed by atoms with Gasteiger partial charge in [-0.05, 0) is 30.3 Å². The minimum atomic E-state index is -1.28. The number of nitrogens with zero attached hydrogens (tertiary/aromatic N) is 1. The van der Waals surface area contributed by atoms with Gasteiger partial charge >= 0.3 is 5.97 Å². The van der Waals surface area contributed by atoms with E-state index in [0.717, 1.165) is 6.07 Å². The van der Waals surface area contributed by atoms with Crippen LogP contribution in [0.3, 0.4) is 0 Å². The van der Waals surface area contributed by atoms with Gasteiger partial charge in [0.25, 0.3) is 0 Å². The van der Waals surface area contributed by atoms with Crippen molar-refractivity contribution in [3.63, 3.8) is 0 Å². The van der Waals surface area contributed by atoms with Crippen LogP contribution in [0.1, 0.15) is 10.4 Å². The zero-order chi connectivity index (χ0) is 11.5. The molecule has 0 amide bonds. The van der Waals surface area contributed by atoms with Crippen LogP contribution in [-0.4, -0.2) is 16.1 Å². The molecule has 1 aromatic heterocycles. The van der Waals surface area contributed by atoms with Crippen LogP contribution in [0.5, 0.6) is 0 Å². The molecule has 0 fully saturated rings. The fraction of sp³-hybridized carbons (Fsp3) is 0. The molecule has 80 valence electrons. The Morgan fingerprint density at radius 1 is 1.25 bits per heavy atom. The Bertz CT molecular complexity index is 526. The summed E-state index contributed by atoms with van der Waals surface area (Å²) in [5.74, 6) is -2.03. The number of hydrogen-bond acceptors (Lipinski definition) is 2. The summed E-state index contributed by atoms with van der Waals surface area (Å²) in [6.45, 7) is 0. The predicted octanol–water partition coefficient (Wildman–Crippen LogP) is 2.59. The monoisotopic (exact) mass is 217 g/mol. The van der Waals surface area contributed by atoms with Gasteiger partial charge in [0.1, 0.15) is 5.82 Å². The lowest BCUT2D eigenvalue weighted by atomic mass is 10.1. The summed E-state index contributed by atoms with van der Waals surface area (Å²) in [5.41, 5.74) is 0.854. The fourth-order valence-corrected chi connectivity index (χ4v) is 1.38. The molecule has 2 rings (SSSR count). The molecule has 0 unspecified atom stereocenters. The molecule has 0 saturated carbocycles. The van der Waals surface area contributed by atoms with Crippen molar-refractivity contribution >= 4 is 5.97 Å². The molecule has 4 heteroatoms. The van der Waals surface area contributed by atoms with Crippen molar-refractivity contribution in [2.24, 2.45) is 0 Å². The van der Waals surface area contributed by atoms with E-state index in [9.17, 15) is 9.18 Å². The Kier molecular flexibility index (Phi) is 2.64. The molecular formula is C12H8FNO2. The summed E-state index contributed by atoms with van der Waals surface area (Å²) < 4.78 is 13.1. The summed E-state index contributed by atoms with van der Waals surface area (Å²) in [5, 5.41) is 8.78. The normalized spacial score (nSPS) is 10.1. The van der Waals surface area contributed by atoms with E-state index in [2.05, 4.69) is 4.98 Å². The first-order valence-corrected chi connectivity index (χ1v) is 4.63. The van der Waals surface area contributed by atoms with Gasteiger partial charge in [0.15, 0.2) is 0 Å². The number of hydrogen-bond donors (Lipinski definition) is 1. The van der Waals surface area contributed by atoms with Gasteiger partial charge in [-0.25, -0.2) is 9.18 Å². The van der Waals surface area contributed by atoms with Gasteiger partial charge in [0.2, 0.25) is 0 Å². The Labute approximate surface area is 91.2 Å². The Hall–Kier alpha value is -2.23. The first-order valence-electron chi connectivity index (χ1n) is 4.63. The molecule has 3 nitrogen and oxygen atoms in total. The van der Waals surface area contributed by atoms with E-state index in [4.69, 9.17) is 5.11 Å². The third kappa shape index (κ3) is 1.91. The van der Waals surface area contributed by atoms with Crippen molar-refractivity contribution in [2.75, 3.05) is 0 Å². The number of halogens is 1. The Morgan fingerprint density at radius 2 is 2.06 bits per heavy atom. The van der Waals surface area contributed by atoms with Gasteiger partial charge < -0.3 is 5.11 Å². The first kappa shape index (κ1) is 10.3. The van der Waals surface area contributed by atoms with Crippen LogP contribution in [-0.2, 0) is 0 Å². The summed E-state index contributed by atoms with van der Waals surface area (Å²) >= 11 is 0. The number of carboxylic acids is 1. The minimum absolute atomic E-state index is 0.344. The highest BCUT2D eigenvalue weighted by Crippen LogP contribution is 2.19. The average molecular weight is 217 g/mol. The molecule has 0 radical (unpaired) electrons. The fourth-order valence-electron chi connectivity index (χ4n) is 1.38. The number of aromatic carboxylic acids is 1. The van der Waals surface area contributed by atoms with Gasteiger partial charge in [0, 0.05) is 11.8 Å². The number of carboxylic acid groups (broad SMARTS) is 1. The molecule has 0 aliphatic rings. The van der Waals surface area contributed by atoms with Crippen molar-refractivity contribution < 1.29 is 14.3 Å². The van der Waals surface area contributed by atoms with Gasteiger partial charge in [-0.1, -0.05) is 6.07 Å². The summed E-state index contributed by atoms with van der Waals surface area (Å²) in [4.78, 5) is 14.8. The largest absolute Gasteiger partial charge is 0.478 e. The first-order chi connectivity index (χ1) is 7.68. The maximum absolute atomic E-state index is 13.1. The number of rotatable bonds is 2. The second kappa shape index (κ2) is 4.10. The zero-order valence-electron chi connectivity index (χ0n) is 8.22. The van der Waals surface area contributed by atoms with Crippen LogP contribution < -0.4 is 0 Å². The van der Waals surface area contributed by atoms with E-state index in [0.29, 0.717) is 11.3 Å². The molecule has 0 saturated heterocycles. The van der Waals surface area contributed by atoms with Crippen LogP contribution >= 0.6 is 0 Å². The maximum atomic E-state index is 13.1. The van der Waals surface area contributed by atoms with E-state index in [-0.39, 0.29) is 5.56 Å². The van der Waals surface area contributed by atoms with Crippen LogP contribution in [0.4, 0.5) is 4.39 Å². The number of carbonyl (C=O) groups is 1. The molecule has 0 spiro atoms. The molecule has 2 aromatic rings. The molecule has 0 aliphatic carbocycles. The lowest BCUT2D eigenvalue weighted by Gasteiger charge is -2.02. The van der Waals surface area contributed by atoms with Gasteiger partial charge in [0.05, 0.1) is 11.3 Å². The van der Waals surface area contributed by atoms with Gasteiger partial charge in [-0.3, -0.25) is 4.98 Å². The van der Waals surface area contributed by atoms with Crippen molar-refractivity contribution in [2.45, 2.75) is 0 Å². The number of benzene rings is 1. The molecule has 16 heavy (non-hydrogen) atoms. The topological polar surface area (TPSA) is 50.2 Å². The van der Waals surface area contributed by atoms with E-state index in [1.54, 1.807) is 24.4 Å². The second-order valence-corrected chi connectivity index (χ2v) is 3.21. The molecule has 0 atom stereocenters. The molecule has 0 aliphatic heterocycles. The van der Waals surface area contributed by atoms with Crippen LogP contribution in [0.25, 0.3) is 11.3 Å². The highest BCUT2D eigenvalue weighted by atomic mass is 19.1. The van der Waals surface area contributed by atoms with Crippen molar-refractivity contribution in [3.8, 4) is 11.3 Å². The quantitative estimate of drug-likeness (QED) is 0.841. The molecule has 1 heterocycles. The second-order valence-electron chi connectivity index (χ2n) is 3.21. The Morgan fingerprint density at radius 3 is 2.69 bits per heavy atom. The van der Waals surface area contributed by atoms with Gasteiger partial charge in [-0.15, -0.1) is 0 Å². The SMILES string of the molecule is O=C(O)c1cc(-c2ccccn2)ccc1F. The molecular weight excluding hydrogens is 209 g/mol. The number of aromatic nitrogens is 1. The summed E-state index contributed by atoms with van der Waals surface area (Å²) in [6, 6.07) is 9.19. The third-order valence-electron chi connectivity index (χ3n) is 2.16. The molecule has 1 N–H and O–H groups in total. The summed E-state index contributed by atoms with van der Waals surface area (Å²) in [7, 11) is 0. The average Bonchev–Trinajstić information content (AvgIpc) is 2.30. The highest BCUT2D eigenvalue weighted by Gasteiger charge is 2.11. The van der Waals surface area contributed by atoms with E-state index in [1.165, 1.54) is 12.1 Å². The molecule has 1 aromatic carbocycles. The number of pyridine rings is 1. The molecule has 0 bridgehead atoms. The lowest BCUT2D eigenvalue weighted by molar-refractivity contribution is 0.0692. The third-order valence-corrected chi connectivity index (χ3v) is 2.16. The lowest BCUT2D eigenvalue weighted by Crippen LogP contribution is -2.00. The minimum Gasteiger partial charge on any atom is -0.478 e. The zero-order valence-corrected chi connectivity index (χ0v) is 8.22.